The maximum absolute atomic E-state index is 11.9. The van der Waals surface area contributed by atoms with E-state index in [0.717, 1.165) is 31.5 Å². The number of carbonyl (C=O) groups excluding carboxylic acids is 1. The van der Waals surface area contributed by atoms with E-state index in [1.54, 1.807) is 0 Å². The minimum atomic E-state index is -0.109. The highest BCUT2D eigenvalue weighted by atomic mass is 32.1. The van der Waals surface area contributed by atoms with Crippen LogP contribution >= 0.6 is 12.2 Å². The van der Waals surface area contributed by atoms with E-state index >= 15 is 0 Å². The molecule has 2 rings (SSSR count). The van der Waals surface area contributed by atoms with Crippen LogP contribution in [0.3, 0.4) is 0 Å². The average Bonchev–Trinajstić information content (AvgIpc) is 2.56. The van der Waals surface area contributed by atoms with Gasteiger partial charge in [-0.05, 0) is 56.1 Å². The number of hydrogen-bond acceptors (Lipinski definition) is 3. The Hall–Kier alpha value is -1.62. The Morgan fingerprint density at radius 2 is 2.09 bits per heavy atom. The van der Waals surface area contributed by atoms with E-state index in [0.29, 0.717) is 18.3 Å². The molecule has 1 N–H and O–H groups in total. The molecule has 4 nitrogen and oxygen atoms in total. The van der Waals surface area contributed by atoms with Gasteiger partial charge in [0, 0.05) is 18.8 Å². The summed E-state index contributed by atoms with van der Waals surface area (Å²) in [4.78, 5) is 13.9. The lowest BCUT2D eigenvalue weighted by molar-refractivity contribution is -0.149. The van der Waals surface area contributed by atoms with Crippen molar-refractivity contribution < 1.29 is 9.53 Å². The van der Waals surface area contributed by atoms with Crippen molar-refractivity contribution in [1.29, 1.82) is 0 Å². The first-order valence-electron chi connectivity index (χ1n) is 7.95. The summed E-state index contributed by atoms with van der Waals surface area (Å²) >= 11 is 5.48. The molecule has 0 aromatic heterocycles. The van der Waals surface area contributed by atoms with Gasteiger partial charge in [-0.15, -0.1) is 0 Å². The maximum Gasteiger partial charge on any atom is 0.310 e. The van der Waals surface area contributed by atoms with Crippen molar-refractivity contribution in [1.82, 2.24) is 4.90 Å². The monoisotopic (exact) mass is 320 g/mol. The number of nitrogens with one attached hydrogen (secondary N) is 1. The zero-order valence-corrected chi connectivity index (χ0v) is 14.1. The standard InChI is InChI=1S/C17H24N2O2S/c1-3-13-7-9-15(10-8-13)18-17(22)19-11-5-6-14(12-19)16(20)21-4-2/h7-10,14H,3-6,11-12H2,1-2H3,(H,18,22). The lowest BCUT2D eigenvalue weighted by atomic mass is 9.98. The summed E-state index contributed by atoms with van der Waals surface area (Å²) < 4.78 is 5.12. The average molecular weight is 320 g/mol. The smallest absolute Gasteiger partial charge is 0.310 e. The number of carbonyl (C=O) groups is 1. The molecule has 1 aromatic rings. The molecule has 1 unspecified atom stereocenters. The summed E-state index contributed by atoms with van der Waals surface area (Å²) in [7, 11) is 0. The predicted molar refractivity (Wildman–Crippen MR) is 93.0 cm³/mol. The molecule has 1 saturated heterocycles. The summed E-state index contributed by atoms with van der Waals surface area (Å²) in [5.74, 6) is -0.182. The van der Waals surface area contributed by atoms with Crippen molar-refractivity contribution >= 4 is 29.0 Å². The summed E-state index contributed by atoms with van der Waals surface area (Å²) in [5, 5.41) is 3.94. The summed E-state index contributed by atoms with van der Waals surface area (Å²) in [6, 6.07) is 8.28. The molecular weight excluding hydrogens is 296 g/mol. The number of ether oxygens (including phenoxy) is 1. The van der Waals surface area contributed by atoms with Crippen LogP contribution < -0.4 is 5.32 Å². The Labute approximate surface area is 137 Å². The Morgan fingerprint density at radius 1 is 1.36 bits per heavy atom. The largest absolute Gasteiger partial charge is 0.466 e. The molecule has 1 atom stereocenters. The lowest BCUT2D eigenvalue weighted by Crippen LogP contribution is -2.44. The lowest BCUT2D eigenvalue weighted by Gasteiger charge is -2.33. The molecule has 120 valence electrons. The van der Waals surface area contributed by atoms with Gasteiger partial charge in [0.15, 0.2) is 5.11 Å². The van der Waals surface area contributed by atoms with Crippen LogP contribution in [0, 0.1) is 5.92 Å². The van der Waals surface area contributed by atoms with Crippen molar-refractivity contribution in [3.05, 3.63) is 29.8 Å². The SMILES string of the molecule is CCOC(=O)C1CCCN(C(=S)Nc2ccc(CC)cc2)C1. The molecule has 1 heterocycles. The van der Waals surface area contributed by atoms with Crippen LogP contribution in [0.2, 0.25) is 0 Å². The molecular formula is C17H24N2O2S. The van der Waals surface area contributed by atoms with Gasteiger partial charge >= 0.3 is 5.97 Å². The van der Waals surface area contributed by atoms with Crippen LogP contribution in [0.1, 0.15) is 32.3 Å². The maximum atomic E-state index is 11.9. The van der Waals surface area contributed by atoms with Crippen molar-refractivity contribution in [2.45, 2.75) is 33.1 Å². The quantitative estimate of drug-likeness (QED) is 0.681. The second-order valence-electron chi connectivity index (χ2n) is 5.52. The molecule has 0 saturated carbocycles. The Bertz CT molecular complexity index is 516. The van der Waals surface area contributed by atoms with E-state index in [1.807, 2.05) is 19.1 Å². The number of aryl methyl sites for hydroxylation is 1. The van der Waals surface area contributed by atoms with Crippen LogP contribution in [0.4, 0.5) is 5.69 Å². The number of benzene rings is 1. The van der Waals surface area contributed by atoms with Crippen molar-refractivity contribution in [3.63, 3.8) is 0 Å². The fourth-order valence-electron chi connectivity index (χ4n) is 2.64. The number of nitrogens with zero attached hydrogens (tertiary/aromatic N) is 1. The highest BCUT2D eigenvalue weighted by molar-refractivity contribution is 7.80. The number of rotatable bonds is 4. The van der Waals surface area contributed by atoms with Crippen molar-refractivity contribution in [3.8, 4) is 0 Å². The number of hydrogen-bond donors (Lipinski definition) is 1. The molecule has 0 spiro atoms. The molecule has 0 amide bonds. The minimum Gasteiger partial charge on any atom is -0.466 e. The van der Waals surface area contributed by atoms with Crippen LogP contribution in [0.25, 0.3) is 0 Å². The molecule has 22 heavy (non-hydrogen) atoms. The van der Waals surface area contributed by atoms with E-state index in [2.05, 4.69) is 29.3 Å². The third-order valence-electron chi connectivity index (χ3n) is 3.94. The van der Waals surface area contributed by atoms with Crippen molar-refractivity contribution in [2.75, 3.05) is 25.0 Å². The van der Waals surface area contributed by atoms with Crippen molar-refractivity contribution in [2.24, 2.45) is 5.92 Å². The predicted octanol–water partition coefficient (Wildman–Crippen LogP) is 3.22. The summed E-state index contributed by atoms with van der Waals surface area (Å²) in [5.41, 5.74) is 2.29. The zero-order chi connectivity index (χ0) is 15.9. The van der Waals surface area contributed by atoms with E-state index in [9.17, 15) is 4.79 Å². The minimum absolute atomic E-state index is 0.0732. The molecule has 5 heteroatoms. The number of esters is 1. The Balaban J connectivity index is 1.92. The highest BCUT2D eigenvalue weighted by Crippen LogP contribution is 2.19. The number of thiocarbonyl (C=S) groups is 1. The van der Waals surface area contributed by atoms with Crippen LogP contribution in [0.5, 0.6) is 0 Å². The van der Waals surface area contributed by atoms with Gasteiger partial charge in [0.1, 0.15) is 0 Å². The first-order valence-corrected chi connectivity index (χ1v) is 8.36. The van der Waals surface area contributed by atoms with Gasteiger partial charge in [-0.25, -0.2) is 0 Å². The summed E-state index contributed by atoms with van der Waals surface area (Å²) in [6.45, 7) is 5.93. The molecule has 1 aliphatic heterocycles. The van der Waals surface area contributed by atoms with Crippen LogP contribution in [-0.2, 0) is 16.0 Å². The molecule has 1 aromatic carbocycles. The fraction of sp³-hybridized carbons (Fsp3) is 0.529. The van der Waals surface area contributed by atoms with E-state index in [1.165, 1.54) is 5.56 Å². The van der Waals surface area contributed by atoms with Gasteiger partial charge in [-0.3, -0.25) is 4.79 Å². The van der Waals surface area contributed by atoms with Gasteiger partial charge in [-0.2, -0.15) is 0 Å². The van der Waals surface area contributed by atoms with Gasteiger partial charge in [0.05, 0.1) is 12.5 Å². The van der Waals surface area contributed by atoms with E-state index in [4.69, 9.17) is 17.0 Å². The third kappa shape index (κ3) is 4.44. The van der Waals surface area contributed by atoms with E-state index < -0.39 is 0 Å². The van der Waals surface area contributed by atoms with Gasteiger partial charge < -0.3 is 15.0 Å². The second-order valence-corrected chi connectivity index (χ2v) is 5.90. The fourth-order valence-corrected chi connectivity index (χ4v) is 2.92. The first kappa shape index (κ1) is 16.7. The molecule has 0 bridgehead atoms. The first-order chi connectivity index (χ1) is 10.6. The number of piperidine rings is 1. The number of likely N-dealkylation sites (tertiary alicyclic amines) is 1. The molecule has 1 fully saturated rings. The topological polar surface area (TPSA) is 41.6 Å². The van der Waals surface area contributed by atoms with Gasteiger partial charge in [0.25, 0.3) is 0 Å². The normalized spacial score (nSPS) is 17.9. The third-order valence-corrected chi connectivity index (χ3v) is 4.30. The highest BCUT2D eigenvalue weighted by Gasteiger charge is 2.27. The molecule has 1 aliphatic rings. The second kappa shape index (κ2) is 8.13. The number of anilines is 1. The molecule has 0 radical (unpaired) electrons. The van der Waals surface area contributed by atoms with Crippen LogP contribution in [-0.4, -0.2) is 35.7 Å². The zero-order valence-electron chi connectivity index (χ0n) is 13.3. The van der Waals surface area contributed by atoms with Gasteiger partial charge in [0.2, 0.25) is 0 Å². The molecule has 0 aliphatic carbocycles. The Kier molecular flexibility index (Phi) is 6.19. The van der Waals surface area contributed by atoms with Crippen LogP contribution in [0.15, 0.2) is 24.3 Å². The van der Waals surface area contributed by atoms with E-state index in [-0.39, 0.29) is 11.9 Å². The van der Waals surface area contributed by atoms with Gasteiger partial charge in [-0.1, -0.05) is 19.1 Å². The summed E-state index contributed by atoms with van der Waals surface area (Å²) in [6.07, 6.45) is 2.86. The Morgan fingerprint density at radius 3 is 2.73 bits per heavy atom.